The number of H-pyrrole nitrogens is 1. The second kappa shape index (κ2) is 3.28. The van der Waals surface area contributed by atoms with Crippen LogP contribution in [0.15, 0.2) is 0 Å². The van der Waals surface area contributed by atoms with Crippen molar-refractivity contribution < 1.29 is 4.79 Å². The van der Waals surface area contributed by atoms with Gasteiger partial charge in [0, 0.05) is 12.1 Å². The first-order valence-electron chi connectivity index (χ1n) is 4.76. The Morgan fingerprint density at radius 3 is 2.79 bits per heavy atom. The monoisotopic (exact) mass is 208 g/mol. The number of rotatable bonds is 1. The average molecular weight is 208 g/mol. The van der Waals surface area contributed by atoms with Crippen molar-refractivity contribution in [1.29, 1.82) is 0 Å². The Morgan fingerprint density at radius 1 is 1.43 bits per heavy atom. The molecule has 2 rings (SSSR count). The molecule has 0 amide bonds. The Bertz CT molecular complexity index is 448. The van der Waals surface area contributed by atoms with Crippen LogP contribution in [0.5, 0.6) is 0 Å². The minimum atomic E-state index is 0.197. The average Bonchev–Trinajstić information content (AvgIpc) is 2.46. The van der Waals surface area contributed by atoms with Crippen molar-refractivity contribution in [3.63, 3.8) is 0 Å². The van der Waals surface area contributed by atoms with Crippen LogP contribution >= 0.6 is 12.2 Å². The van der Waals surface area contributed by atoms with E-state index in [0.717, 1.165) is 23.4 Å². The van der Waals surface area contributed by atoms with Crippen LogP contribution in [0.25, 0.3) is 0 Å². The number of aromatic nitrogens is 2. The first-order valence-corrected chi connectivity index (χ1v) is 5.16. The predicted molar refractivity (Wildman–Crippen MR) is 56.2 cm³/mol. The summed E-state index contributed by atoms with van der Waals surface area (Å²) in [6.45, 7) is 4.06. The van der Waals surface area contributed by atoms with Crippen LogP contribution in [0.3, 0.4) is 0 Å². The van der Waals surface area contributed by atoms with E-state index in [1.54, 1.807) is 0 Å². The maximum atomic E-state index is 11.6. The van der Waals surface area contributed by atoms with Crippen molar-refractivity contribution in [2.24, 2.45) is 0 Å². The van der Waals surface area contributed by atoms with Gasteiger partial charge in [-0.1, -0.05) is 13.8 Å². The zero-order chi connectivity index (χ0) is 10.3. The topological polar surface area (TPSA) is 45.8 Å². The summed E-state index contributed by atoms with van der Waals surface area (Å²) in [6.07, 6.45) is 1.37. The van der Waals surface area contributed by atoms with Crippen LogP contribution < -0.4 is 0 Å². The van der Waals surface area contributed by atoms with E-state index in [9.17, 15) is 4.79 Å². The van der Waals surface area contributed by atoms with E-state index in [4.69, 9.17) is 12.2 Å². The molecule has 1 aromatic heterocycles. The van der Waals surface area contributed by atoms with E-state index < -0.39 is 0 Å². The van der Waals surface area contributed by atoms with Gasteiger partial charge >= 0.3 is 0 Å². The number of aromatic amines is 1. The molecular formula is C10H12N2OS. The highest BCUT2D eigenvalue weighted by molar-refractivity contribution is 7.71. The summed E-state index contributed by atoms with van der Waals surface area (Å²) in [6, 6.07) is 0. The normalized spacial score (nSPS) is 14.9. The number of ketones is 1. The third-order valence-electron chi connectivity index (χ3n) is 2.47. The number of carbonyl (C=O) groups excluding carboxylic acids is 1. The molecule has 0 atom stereocenters. The van der Waals surface area contributed by atoms with Crippen LogP contribution in [0.4, 0.5) is 0 Å². The van der Waals surface area contributed by atoms with Gasteiger partial charge in [-0.15, -0.1) is 0 Å². The molecule has 0 aliphatic heterocycles. The second-order valence-corrected chi connectivity index (χ2v) is 4.25. The van der Waals surface area contributed by atoms with Gasteiger partial charge in [0.1, 0.15) is 0 Å². The van der Waals surface area contributed by atoms with Crippen molar-refractivity contribution in [3.8, 4) is 0 Å². The van der Waals surface area contributed by atoms with Gasteiger partial charge < -0.3 is 4.98 Å². The van der Waals surface area contributed by atoms with E-state index in [-0.39, 0.29) is 11.7 Å². The number of carbonyl (C=O) groups is 1. The molecule has 0 aromatic carbocycles. The summed E-state index contributed by atoms with van der Waals surface area (Å²) in [4.78, 5) is 18.8. The van der Waals surface area contributed by atoms with E-state index in [2.05, 4.69) is 9.97 Å². The largest absolute Gasteiger partial charge is 0.334 e. The van der Waals surface area contributed by atoms with Gasteiger partial charge in [-0.25, -0.2) is 4.98 Å². The molecule has 0 bridgehead atoms. The summed E-state index contributed by atoms with van der Waals surface area (Å²) in [5, 5.41) is 0. The van der Waals surface area contributed by atoms with Crippen molar-refractivity contribution in [2.75, 3.05) is 0 Å². The molecule has 1 aliphatic carbocycles. The smallest absolute Gasteiger partial charge is 0.197 e. The maximum absolute atomic E-state index is 11.6. The molecule has 0 radical (unpaired) electrons. The molecule has 3 nitrogen and oxygen atoms in total. The van der Waals surface area contributed by atoms with Gasteiger partial charge in [0.15, 0.2) is 10.6 Å². The number of Topliss-reactive ketones (excluding diaryl/α,β-unsaturated/α-hetero) is 1. The third kappa shape index (κ3) is 1.39. The Hall–Kier alpha value is -1.03. The van der Waals surface area contributed by atoms with Crippen LogP contribution in [-0.4, -0.2) is 15.8 Å². The zero-order valence-electron chi connectivity index (χ0n) is 8.26. The molecule has 1 heterocycles. The predicted octanol–water partition coefficient (Wildman–Crippen LogP) is 2.39. The number of hydrogen-bond acceptors (Lipinski definition) is 3. The Labute approximate surface area is 87.6 Å². The number of nitrogens with zero attached hydrogens (tertiary/aromatic N) is 1. The van der Waals surface area contributed by atoms with Crippen molar-refractivity contribution in [2.45, 2.75) is 32.6 Å². The van der Waals surface area contributed by atoms with Gasteiger partial charge in [-0.2, -0.15) is 0 Å². The number of hydrogen-bond donors (Lipinski definition) is 1. The number of fused-ring (bicyclic) bond motifs is 1. The van der Waals surface area contributed by atoms with Crippen molar-refractivity contribution >= 4 is 18.0 Å². The number of aryl methyl sites for hydroxylation is 1. The van der Waals surface area contributed by atoms with Crippen LogP contribution in [-0.2, 0) is 6.42 Å². The molecule has 0 saturated heterocycles. The maximum Gasteiger partial charge on any atom is 0.197 e. The van der Waals surface area contributed by atoms with E-state index in [1.165, 1.54) is 0 Å². The molecule has 4 heteroatoms. The lowest BCUT2D eigenvalue weighted by atomic mass is 10.0. The molecular weight excluding hydrogens is 196 g/mol. The third-order valence-corrected chi connectivity index (χ3v) is 2.66. The highest BCUT2D eigenvalue weighted by atomic mass is 32.1. The minimum absolute atomic E-state index is 0.197. The molecule has 1 N–H and O–H groups in total. The fraction of sp³-hybridized carbons (Fsp3) is 0.500. The lowest BCUT2D eigenvalue weighted by Crippen LogP contribution is -2.06. The van der Waals surface area contributed by atoms with E-state index in [1.807, 2.05) is 13.8 Å². The lowest BCUT2D eigenvalue weighted by Gasteiger charge is -2.08. The molecule has 1 aliphatic rings. The first-order chi connectivity index (χ1) is 6.59. The second-order valence-electron chi connectivity index (χ2n) is 3.86. The van der Waals surface area contributed by atoms with Gasteiger partial charge in [0.05, 0.1) is 11.3 Å². The van der Waals surface area contributed by atoms with E-state index in [0.29, 0.717) is 11.2 Å². The molecule has 14 heavy (non-hydrogen) atoms. The van der Waals surface area contributed by atoms with Gasteiger partial charge in [-0.3, -0.25) is 4.79 Å². The molecule has 1 aromatic rings. The Balaban J connectivity index is 2.71. The summed E-state index contributed by atoms with van der Waals surface area (Å²) in [5.41, 5.74) is 2.61. The summed E-state index contributed by atoms with van der Waals surface area (Å²) >= 11 is 5.02. The summed E-state index contributed by atoms with van der Waals surface area (Å²) in [7, 11) is 0. The van der Waals surface area contributed by atoms with Crippen molar-refractivity contribution in [1.82, 2.24) is 9.97 Å². The van der Waals surface area contributed by atoms with Crippen molar-refractivity contribution in [3.05, 3.63) is 21.7 Å². The SMILES string of the molecule is CC(C)c1nc(=S)[nH]c2c1C(=O)CC2. The Morgan fingerprint density at radius 2 is 2.14 bits per heavy atom. The number of nitrogens with one attached hydrogen (secondary N) is 1. The quantitative estimate of drug-likeness (QED) is 0.721. The van der Waals surface area contributed by atoms with Crippen LogP contribution in [0, 0.1) is 4.77 Å². The lowest BCUT2D eigenvalue weighted by molar-refractivity contribution is 0.0993. The highest BCUT2D eigenvalue weighted by Crippen LogP contribution is 2.26. The van der Waals surface area contributed by atoms with Gasteiger partial charge in [-0.05, 0) is 24.6 Å². The minimum Gasteiger partial charge on any atom is -0.334 e. The van der Waals surface area contributed by atoms with Gasteiger partial charge in [0.25, 0.3) is 0 Å². The van der Waals surface area contributed by atoms with Crippen LogP contribution in [0.1, 0.15) is 47.9 Å². The molecule has 0 unspecified atom stereocenters. The molecule has 0 fully saturated rings. The molecule has 0 saturated carbocycles. The standard InChI is InChI=1S/C10H12N2OS/c1-5(2)9-8-6(3-4-7(8)13)11-10(14)12-9/h5H,3-4H2,1-2H3,(H,11,12,14). The van der Waals surface area contributed by atoms with Gasteiger partial charge in [0.2, 0.25) is 0 Å². The summed E-state index contributed by atoms with van der Waals surface area (Å²) < 4.78 is 0.488. The van der Waals surface area contributed by atoms with E-state index >= 15 is 0 Å². The van der Waals surface area contributed by atoms with Crippen LogP contribution in [0.2, 0.25) is 0 Å². The molecule has 0 spiro atoms. The first kappa shape index (κ1) is 9.52. The summed E-state index contributed by atoms with van der Waals surface area (Å²) in [5.74, 6) is 0.449. The Kier molecular flexibility index (Phi) is 2.23. The fourth-order valence-electron chi connectivity index (χ4n) is 1.82. The zero-order valence-corrected chi connectivity index (χ0v) is 9.07. The fourth-order valence-corrected chi connectivity index (χ4v) is 2.04. The molecule has 74 valence electrons. The highest BCUT2D eigenvalue weighted by Gasteiger charge is 2.25.